The van der Waals surface area contributed by atoms with Crippen molar-refractivity contribution >= 4 is 27.7 Å². The van der Waals surface area contributed by atoms with E-state index in [1.165, 1.54) is 0 Å². The smallest absolute Gasteiger partial charge is 0.252 e. The van der Waals surface area contributed by atoms with Crippen molar-refractivity contribution in [1.29, 1.82) is 0 Å². The Morgan fingerprint density at radius 2 is 2.09 bits per heavy atom. The van der Waals surface area contributed by atoms with Crippen LogP contribution in [0.1, 0.15) is 28.9 Å². The molecule has 0 saturated carbocycles. The molecule has 1 aromatic heterocycles. The van der Waals surface area contributed by atoms with E-state index in [1.807, 2.05) is 31.2 Å². The molecule has 1 amide bonds. The Kier molecular flexibility index (Phi) is 4.47. The average Bonchev–Trinajstić information content (AvgIpc) is 2.95. The maximum Gasteiger partial charge on any atom is 0.252 e. The standard InChI is InChI=1S/C16H19BrN4O/c1-11-10-15(20-19-11)21-8-6-12(7-9-21)18-16(22)13-4-2-3-5-14(13)17/h2-5,10,12H,6-9H2,1H3,(H,18,22)(H,19,20). The van der Waals surface area contributed by atoms with Gasteiger partial charge in [-0.05, 0) is 47.8 Å². The number of amides is 1. The van der Waals surface area contributed by atoms with Crippen molar-refractivity contribution in [2.75, 3.05) is 18.0 Å². The Bertz CT molecular complexity index is 662. The van der Waals surface area contributed by atoms with Crippen LogP contribution in [0, 0.1) is 6.92 Å². The molecule has 0 bridgehead atoms. The molecular formula is C16H19BrN4O. The molecule has 2 heterocycles. The van der Waals surface area contributed by atoms with Crippen LogP contribution in [0.25, 0.3) is 0 Å². The third-order valence-electron chi connectivity index (χ3n) is 3.97. The number of H-pyrrole nitrogens is 1. The monoisotopic (exact) mass is 362 g/mol. The van der Waals surface area contributed by atoms with Crippen LogP contribution in [0.3, 0.4) is 0 Å². The topological polar surface area (TPSA) is 61.0 Å². The second-order valence-corrected chi connectivity index (χ2v) is 6.48. The quantitative estimate of drug-likeness (QED) is 0.882. The zero-order valence-corrected chi connectivity index (χ0v) is 14.1. The number of aryl methyl sites for hydroxylation is 1. The van der Waals surface area contributed by atoms with Gasteiger partial charge < -0.3 is 10.2 Å². The van der Waals surface area contributed by atoms with Gasteiger partial charge in [-0.15, -0.1) is 0 Å². The highest BCUT2D eigenvalue weighted by Crippen LogP contribution is 2.20. The summed E-state index contributed by atoms with van der Waals surface area (Å²) in [6, 6.07) is 9.78. The van der Waals surface area contributed by atoms with E-state index < -0.39 is 0 Å². The molecule has 2 N–H and O–H groups in total. The van der Waals surface area contributed by atoms with Gasteiger partial charge in [0.15, 0.2) is 5.82 Å². The normalized spacial score (nSPS) is 15.8. The minimum atomic E-state index is -0.0125. The highest BCUT2D eigenvalue weighted by atomic mass is 79.9. The average molecular weight is 363 g/mol. The number of aromatic nitrogens is 2. The Morgan fingerprint density at radius 3 is 2.73 bits per heavy atom. The molecule has 0 unspecified atom stereocenters. The first kappa shape index (κ1) is 15.1. The molecule has 1 fully saturated rings. The fourth-order valence-corrected chi connectivity index (χ4v) is 3.19. The van der Waals surface area contributed by atoms with E-state index in [1.54, 1.807) is 0 Å². The number of benzene rings is 1. The van der Waals surface area contributed by atoms with E-state index in [2.05, 4.69) is 42.4 Å². The zero-order chi connectivity index (χ0) is 15.5. The van der Waals surface area contributed by atoms with Crippen molar-refractivity contribution in [2.24, 2.45) is 0 Å². The van der Waals surface area contributed by atoms with Crippen molar-refractivity contribution in [2.45, 2.75) is 25.8 Å². The van der Waals surface area contributed by atoms with E-state index in [0.29, 0.717) is 5.56 Å². The molecule has 2 aromatic rings. The fraction of sp³-hybridized carbons (Fsp3) is 0.375. The predicted molar refractivity (Wildman–Crippen MR) is 90.2 cm³/mol. The molecule has 1 aliphatic rings. The number of nitrogens with one attached hydrogen (secondary N) is 2. The van der Waals surface area contributed by atoms with E-state index in [4.69, 9.17) is 0 Å². The van der Waals surface area contributed by atoms with Crippen molar-refractivity contribution in [1.82, 2.24) is 15.5 Å². The van der Waals surface area contributed by atoms with Crippen LogP contribution in [-0.4, -0.2) is 35.2 Å². The Labute approximate surface area is 138 Å². The van der Waals surface area contributed by atoms with Gasteiger partial charge in [-0.1, -0.05) is 12.1 Å². The van der Waals surface area contributed by atoms with Gasteiger partial charge in [0.1, 0.15) is 0 Å². The lowest BCUT2D eigenvalue weighted by molar-refractivity contribution is 0.0930. The largest absolute Gasteiger partial charge is 0.355 e. The number of piperidine rings is 1. The van der Waals surface area contributed by atoms with Gasteiger partial charge in [-0.3, -0.25) is 9.89 Å². The number of aromatic amines is 1. The van der Waals surface area contributed by atoms with E-state index in [0.717, 1.165) is 41.9 Å². The minimum Gasteiger partial charge on any atom is -0.355 e. The molecule has 116 valence electrons. The van der Waals surface area contributed by atoms with Gasteiger partial charge in [0, 0.05) is 35.4 Å². The van der Waals surface area contributed by atoms with Crippen molar-refractivity contribution in [3.05, 3.63) is 46.1 Å². The van der Waals surface area contributed by atoms with Crippen LogP contribution in [-0.2, 0) is 0 Å². The molecule has 6 heteroatoms. The molecule has 1 aromatic carbocycles. The number of carbonyl (C=O) groups is 1. The summed E-state index contributed by atoms with van der Waals surface area (Å²) in [5, 5.41) is 10.4. The molecule has 0 atom stereocenters. The number of halogens is 1. The molecule has 1 aliphatic heterocycles. The van der Waals surface area contributed by atoms with E-state index in [-0.39, 0.29) is 11.9 Å². The summed E-state index contributed by atoms with van der Waals surface area (Å²) in [5.41, 5.74) is 1.76. The van der Waals surface area contributed by atoms with Gasteiger partial charge in [0.25, 0.3) is 5.91 Å². The molecule has 0 radical (unpaired) electrons. The Balaban J connectivity index is 1.56. The predicted octanol–water partition coefficient (Wildman–Crippen LogP) is 2.88. The van der Waals surface area contributed by atoms with Crippen LogP contribution in [0.5, 0.6) is 0 Å². The lowest BCUT2D eigenvalue weighted by atomic mass is 10.0. The molecule has 5 nitrogen and oxygen atoms in total. The summed E-state index contributed by atoms with van der Waals surface area (Å²) in [6.07, 6.45) is 1.87. The molecule has 0 aliphatic carbocycles. The summed E-state index contributed by atoms with van der Waals surface area (Å²) in [5.74, 6) is 0.981. The van der Waals surface area contributed by atoms with Crippen LogP contribution in [0.4, 0.5) is 5.82 Å². The molecule has 3 rings (SSSR count). The maximum atomic E-state index is 12.3. The second-order valence-electron chi connectivity index (χ2n) is 5.62. The maximum absolute atomic E-state index is 12.3. The number of carbonyl (C=O) groups excluding carboxylic acids is 1. The third kappa shape index (κ3) is 3.32. The first-order valence-corrected chi connectivity index (χ1v) is 8.25. The number of hydrogen-bond donors (Lipinski definition) is 2. The molecule has 22 heavy (non-hydrogen) atoms. The van der Waals surface area contributed by atoms with E-state index in [9.17, 15) is 4.79 Å². The highest BCUT2D eigenvalue weighted by molar-refractivity contribution is 9.10. The SMILES string of the molecule is Cc1cc(N2CCC(NC(=O)c3ccccc3Br)CC2)n[nH]1. The van der Waals surface area contributed by atoms with Gasteiger partial charge in [0.05, 0.1) is 5.56 Å². The van der Waals surface area contributed by atoms with Crippen LogP contribution < -0.4 is 10.2 Å². The van der Waals surface area contributed by atoms with Crippen molar-refractivity contribution < 1.29 is 4.79 Å². The number of hydrogen-bond acceptors (Lipinski definition) is 3. The second kappa shape index (κ2) is 6.52. The lowest BCUT2D eigenvalue weighted by Crippen LogP contribution is -2.44. The molecule has 0 spiro atoms. The summed E-state index contributed by atoms with van der Waals surface area (Å²) in [4.78, 5) is 14.6. The minimum absolute atomic E-state index is 0.0125. The molecule has 1 saturated heterocycles. The summed E-state index contributed by atoms with van der Waals surface area (Å²) in [7, 11) is 0. The van der Waals surface area contributed by atoms with Crippen LogP contribution >= 0.6 is 15.9 Å². The van der Waals surface area contributed by atoms with Crippen LogP contribution in [0.2, 0.25) is 0 Å². The number of nitrogens with zero attached hydrogens (tertiary/aromatic N) is 2. The zero-order valence-electron chi connectivity index (χ0n) is 12.5. The van der Waals surface area contributed by atoms with E-state index >= 15 is 0 Å². The number of rotatable bonds is 3. The Morgan fingerprint density at radius 1 is 1.36 bits per heavy atom. The van der Waals surface area contributed by atoms with Gasteiger partial charge in [-0.2, -0.15) is 5.10 Å². The Hall–Kier alpha value is -1.82. The molecular weight excluding hydrogens is 344 g/mol. The summed E-state index contributed by atoms with van der Waals surface area (Å²) < 4.78 is 0.830. The first-order chi connectivity index (χ1) is 10.6. The number of anilines is 1. The fourth-order valence-electron chi connectivity index (χ4n) is 2.73. The third-order valence-corrected chi connectivity index (χ3v) is 4.66. The lowest BCUT2D eigenvalue weighted by Gasteiger charge is -2.32. The van der Waals surface area contributed by atoms with Gasteiger partial charge in [-0.25, -0.2) is 0 Å². The van der Waals surface area contributed by atoms with Crippen LogP contribution in [0.15, 0.2) is 34.8 Å². The first-order valence-electron chi connectivity index (χ1n) is 7.46. The summed E-state index contributed by atoms with van der Waals surface area (Å²) >= 11 is 3.42. The highest BCUT2D eigenvalue weighted by Gasteiger charge is 2.22. The van der Waals surface area contributed by atoms with Crippen molar-refractivity contribution in [3.63, 3.8) is 0 Å². The van der Waals surface area contributed by atoms with Gasteiger partial charge in [0.2, 0.25) is 0 Å². The summed E-state index contributed by atoms with van der Waals surface area (Å²) in [6.45, 7) is 3.82. The van der Waals surface area contributed by atoms with Gasteiger partial charge >= 0.3 is 0 Å². The van der Waals surface area contributed by atoms with Crippen molar-refractivity contribution in [3.8, 4) is 0 Å².